The lowest BCUT2D eigenvalue weighted by Gasteiger charge is -2.21. The molecule has 1 amide bonds. The molecule has 1 unspecified atom stereocenters. The zero-order chi connectivity index (χ0) is 20.1. The van der Waals surface area contributed by atoms with Crippen molar-refractivity contribution in [2.45, 2.75) is 32.4 Å². The van der Waals surface area contributed by atoms with Crippen molar-refractivity contribution >= 4 is 28.4 Å². The molecule has 5 nitrogen and oxygen atoms in total. The van der Waals surface area contributed by atoms with Crippen molar-refractivity contribution < 1.29 is 4.79 Å². The van der Waals surface area contributed by atoms with Crippen molar-refractivity contribution in [1.29, 1.82) is 0 Å². The number of aryl methyl sites for hydroxylation is 2. The summed E-state index contributed by atoms with van der Waals surface area (Å²) in [5, 5.41) is 9.60. The Hall–Kier alpha value is -2.37. The molecule has 0 aliphatic carbocycles. The number of halogens is 1. The highest BCUT2D eigenvalue weighted by Gasteiger charge is 2.16. The molecule has 6 heteroatoms. The molecule has 1 heterocycles. The van der Waals surface area contributed by atoms with Crippen LogP contribution in [0.1, 0.15) is 30.1 Å². The molecule has 0 fully saturated rings. The van der Waals surface area contributed by atoms with Crippen LogP contribution < -0.4 is 5.32 Å². The Morgan fingerprint density at radius 1 is 1.18 bits per heavy atom. The number of nitrogens with one attached hydrogen (secondary N) is 1. The van der Waals surface area contributed by atoms with Gasteiger partial charge in [0.1, 0.15) is 0 Å². The molecule has 1 N–H and O–H groups in total. The first-order valence-corrected chi connectivity index (χ1v) is 9.93. The summed E-state index contributed by atoms with van der Waals surface area (Å²) in [6, 6.07) is 15.8. The van der Waals surface area contributed by atoms with Crippen LogP contribution >= 0.6 is 11.6 Å². The van der Waals surface area contributed by atoms with Crippen molar-refractivity contribution in [3.8, 4) is 0 Å². The van der Waals surface area contributed by atoms with E-state index in [1.165, 1.54) is 0 Å². The fraction of sp³-hybridized carbons (Fsp3) is 0.364. The zero-order valence-corrected chi connectivity index (χ0v) is 17.4. The number of aromatic nitrogens is 2. The molecule has 0 aliphatic rings. The van der Waals surface area contributed by atoms with E-state index in [0.29, 0.717) is 18.0 Å². The topological polar surface area (TPSA) is 50.2 Å². The number of hydrogen-bond acceptors (Lipinski definition) is 3. The average molecular weight is 399 g/mol. The molecule has 148 valence electrons. The molecule has 3 rings (SSSR count). The number of rotatable bonds is 8. The number of carbonyl (C=O) groups is 1. The highest BCUT2D eigenvalue weighted by Crippen LogP contribution is 2.21. The second-order valence-corrected chi connectivity index (χ2v) is 7.78. The lowest BCUT2D eigenvalue weighted by Crippen LogP contribution is -2.31. The Balaban J connectivity index is 1.66. The van der Waals surface area contributed by atoms with Crippen molar-refractivity contribution in [1.82, 2.24) is 20.0 Å². The minimum atomic E-state index is -0.0386. The standard InChI is InChI=1S/C22H27ClN4O/c1-16-19-6-4-5-7-21(19)27(25-16)15-13-22(28)24-20(12-14-26(2)3)17-8-10-18(23)11-9-17/h4-11,20H,12-15H2,1-3H3,(H,24,28). The Morgan fingerprint density at radius 2 is 1.89 bits per heavy atom. The first-order valence-electron chi connectivity index (χ1n) is 9.56. The van der Waals surface area contributed by atoms with Gasteiger partial charge in [0.15, 0.2) is 0 Å². The van der Waals surface area contributed by atoms with Crippen LogP contribution in [0.25, 0.3) is 10.9 Å². The fourth-order valence-electron chi connectivity index (χ4n) is 3.34. The third kappa shape index (κ3) is 5.12. The molecule has 0 spiro atoms. The second kappa shape index (κ2) is 9.22. The van der Waals surface area contributed by atoms with Crippen LogP contribution in [0.2, 0.25) is 5.02 Å². The third-order valence-corrected chi connectivity index (χ3v) is 5.12. The van der Waals surface area contributed by atoms with E-state index in [-0.39, 0.29) is 11.9 Å². The number of hydrogen-bond donors (Lipinski definition) is 1. The Bertz CT molecular complexity index is 933. The van der Waals surface area contributed by atoms with Gasteiger partial charge >= 0.3 is 0 Å². The highest BCUT2D eigenvalue weighted by molar-refractivity contribution is 6.30. The van der Waals surface area contributed by atoms with E-state index in [1.807, 2.05) is 68.2 Å². The van der Waals surface area contributed by atoms with Gasteiger partial charge < -0.3 is 10.2 Å². The SMILES string of the molecule is Cc1nn(CCC(=O)NC(CCN(C)C)c2ccc(Cl)cc2)c2ccccc12. The zero-order valence-electron chi connectivity index (χ0n) is 16.7. The molecule has 1 atom stereocenters. The van der Waals surface area contributed by atoms with E-state index in [1.54, 1.807) is 0 Å². The van der Waals surface area contributed by atoms with Gasteiger partial charge in [0, 0.05) is 16.8 Å². The van der Waals surface area contributed by atoms with Crippen LogP contribution in [0, 0.1) is 6.92 Å². The summed E-state index contributed by atoms with van der Waals surface area (Å²) in [4.78, 5) is 14.8. The highest BCUT2D eigenvalue weighted by atomic mass is 35.5. The van der Waals surface area contributed by atoms with E-state index < -0.39 is 0 Å². The molecule has 1 aromatic heterocycles. The molecule has 0 bridgehead atoms. The predicted octanol–water partition coefficient (Wildman–Crippen LogP) is 4.20. The Kier molecular flexibility index (Phi) is 6.70. The van der Waals surface area contributed by atoms with Crippen molar-refractivity contribution in [3.05, 3.63) is 64.8 Å². The van der Waals surface area contributed by atoms with Gasteiger partial charge in [0.2, 0.25) is 5.91 Å². The molecular weight excluding hydrogens is 372 g/mol. The lowest BCUT2D eigenvalue weighted by molar-refractivity contribution is -0.122. The maximum atomic E-state index is 12.7. The quantitative estimate of drug-likeness (QED) is 0.618. The van der Waals surface area contributed by atoms with Gasteiger partial charge in [0.25, 0.3) is 0 Å². The van der Waals surface area contributed by atoms with Crippen LogP contribution in [-0.2, 0) is 11.3 Å². The van der Waals surface area contributed by atoms with Gasteiger partial charge in [-0.25, -0.2) is 0 Å². The van der Waals surface area contributed by atoms with Crippen LogP contribution in [-0.4, -0.2) is 41.2 Å². The van der Waals surface area contributed by atoms with E-state index >= 15 is 0 Å². The Labute approximate surface area is 171 Å². The monoisotopic (exact) mass is 398 g/mol. The van der Waals surface area contributed by atoms with Gasteiger partial charge in [-0.15, -0.1) is 0 Å². The summed E-state index contributed by atoms with van der Waals surface area (Å²) in [7, 11) is 4.07. The maximum Gasteiger partial charge on any atom is 0.222 e. The van der Waals surface area contributed by atoms with Gasteiger partial charge in [-0.2, -0.15) is 5.10 Å². The number of amides is 1. The average Bonchev–Trinajstić information content (AvgIpc) is 3.00. The maximum absolute atomic E-state index is 12.7. The third-order valence-electron chi connectivity index (χ3n) is 4.87. The van der Waals surface area contributed by atoms with E-state index in [9.17, 15) is 4.79 Å². The minimum absolute atomic E-state index is 0.0240. The molecule has 0 aliphatic heterocycles. The van der Waals surface area contributed by atoms with Crippen LogP contribution in [0.4, 0.5) is 0 Å². The number of nitrogens with zero attached hydrogens (tertiary/aromatic N) is 3. The summed E-state index contributed by atoms with van der Waals surface area (Å²) in [6.45, 7) is 3.44. The number of para-hydroxylation sites is 1. The van der Waals surface area contributed by atoms with Crippen molar-refractivity contribution in [2.24, 2.45) is 0 Å². The summed E-state index contributed by atoms with van der Waals surface area (Å²) in [5.41, 5.74) is 3.12. The van der Waals surface area contributed by atoms with Crippen LogP contribution in [0.5, 0.6) is 0 Å². The molecule has 0 saturated heterocycles. The first kappa shape index (κ1) is 20.4. The molecule has 3 aromatic rings. The van der Waals surface area contributed by atoms with Gasteiger partial charge in [-0.05, 0) is 57.7 Å². The Morgan fingerprint density at radius 3 is 2.61 bits per heavy atom. The summed E-state index contributed by atoms with van der Waals surface area (Å²) in [6.07, 6.45) is 1.22. The number of fused-ring (bicyclic) bond motifs is 1. The molecule has 2 aromatic carbocycles. The summed E-state index contributed by atoms with van der Waals surface area (Å²) < 4.78 is 1.92. The first-order chi connectivity index (χ1) is 13.4. The molecular formula is C22H27ClN4O. The summed E-state index contributed by atoms with van der Waals surface area (Å²) in [5.74, 6) is 0.0240. The number of benzene rings is 2. The van der Waals surface area contributed by atoms with Crippen molar-refractivity contribution in [2.75, 3.05) is 20.6 Å². The van der Waals surface area contributed by atoms with Gasteiger partial charge in [0.05, 0.1) is 23.8 Å². The minimum Gasteiger partial charge on any atom is -0.349 e. The van der Waals surface area contributed by atoms with E-state index in [0.717, 1.165) is 35.1 Å². The van der Waals surface area contributed by atoms with Gasteiger partial charge in [-0.1, -0.05) is 41.9 Å². The van der Waals surface area contributed by atoms with Crippen LogP contribution in [0.3, 0.4) is 0 Å². The lowest BCUT2D eigenvalue weighted by atomic mass is 10.0. The van der Waals surface area contributed by atoms with Gasteiger partial charge in [-0.3, -0.25) is 9.48 Å². The molecule has 0 saturated carbocycles. The normalized spacial score (nSPS) is 12.5. The van der Waals surface area contributed by atoms with E-state index in [4.69, 9.17) is 11.6 Å². The van der Waals surface area contributed by atoms with E-state index in [2.05, 4.69) is 21.4 Å². The van der Waals surface area contributed by atoms with Crippen molar-refractivity contribution in [3.63, 3.8) is 0 Å². The molecule has 0 radical (unpaired) electrons. The number of carbonyl (C=O) groups excluding carboxylic acids is 1. The summed E-state index contributed by atoms with van der Waals surface area (Å²) >= 11 is 6.01. The molecule has 28 heavy (non-hydrogen) atoms. The fourth-order valence-corrected chi connectivity index (χ4v) is 3.47. The van der Waals surface area contributed by atoms with Crippen LogP contribution in [0.15, 0.2) is 48.5 Å². The second-order valence-electron chi connectivity index (χ2n) is 7.34. The smallest absolute Gasteiger partial charge is 0.222 e. The largest absolute Gasteiger partial charge is 0.349 e. The predicted molar refractivity (Wildman–Crippen MR) is 115 cm³/mol.